The minimum atomic E-state index is -0.475. The summed E-state index contributed by atoms with van der Waals surface area (Å²) in [7, 11) is 3.04. The number of phenolic OH excluding ortho intramolecular Hbond substituents is 1. The van der Waals surface area contributed by atoms with Gasteiger partial charge in [-0.15, -0.1) is 0 Å². The van der Waals surface area contributed by atoms with Gasteiger partial charge in [0.25, 0.3) is 0 Å². The highest BCUT2D eigenvalue weighted by Gasteiger charge is 2.13. The van der Waals surface area contributed by atoms with E-state index in [-0.39, 0.29) is 17.3 Å². The lowest BCUT2D eigenvalue weighted by molar-refractivity contribution is 0.373. The number of nitrogens with zero attached hydrogens (tertiary/aromatic N) is 2. The summed E-state index contributed by atoms with van der Waals surface area (Å²) in [4.78, 5) is 8.19. The fourth-order valence-electron chi connectivity index (χ4n) is 1.67. The molecule has 0 radical (unpaired) electrons. The molecule has 100 valence electrons. The molecule has 2 N–H and O–H groups in total. The summed E-state index contributed by atoms with van der Waals surface area (Å²) in [6, 6.07) is 4.72. The standard InChI is InChI=1S/C13H14FN3O2/c1-7-11(14)13(15-2)17-12(16-7)8-4-5-9(18)10(6-8)19-3/h4-6,18H,1-3H3,(H,15,16,17). The molecule has 1 heterocycles. The second kappa shape index (κ2) is 5.09. The van der Waals surface area contributed by atoms with Gasteiger partial charge < -0.3 is 15.2 Å². The number of nitrogens with one attached hydrogen (secondary N) is 1. The number of benzene rings is 1. The van der Waals surface area contributed by atoms with Crippen molar-refractivity contribution in [1.29, 1.82) is 0 Å². The van der Waals surface area contributed by atoms with Crippen LogP contribution in [0.25, 0.3) is 11.4 Å². The van der Waals surface area contributed by atoms with Gasteiger partial charge in [-0.2, -0.15) is 0 Å². The number of aryl methyl sites for hydroxylation is 1. The lowest BCUT2D eigenvalue weighted by Crippen LogP contribution is -2.03. The van der Waals surface area contributed by atoms with E-state index in [1.165, 1.54) is 13.2 Å². The van der Waals surface area contributed by atoms with Crippen molar-refractivity contribution in [3.05, 3.63) is 29.7 Å². The summed E-state index contributed by atoms with van der Waals surface area (Å²) in [5.41, 5.74) is 0.885. The number of aromatic nitrogens is 2. The van der Waals surface area contributed by atoms with Crippen LogP contribution in [0.15, 0.2) is 18.2 Å². The van der Waals surface area contributed by atoms with E-state index >= 15 is 0 Å². The largest absolute Gasteiger partial charge is 0.504 e. The highest BCUT2D eigenvalue weighted by Crippen LogP contribution is 2.30. The molecule has 0 saturated heterocycles. The van der Waals surface area contributed by atoms with E-state index in [1.54, 1.807) is 26.1 Å². The number of ether oxygens (including phenoxy) is 1. The van der Waals surface area contributed by atoms with Crippen LogP contribution in [0.1, 0.15) is 5.69 Å². The van der Waals surface area contributed by atoms with Crippen LogP contribution in [0.2, 0.25) is 0 Å². The quantitative estimate of drug-likeness (QED) is 0.889. The number of hydrogen-bond donors (Lipinski definition) is 2. The molecule has 0 saturated carbocycles. The fraction of sp³-hybridized carbons (Fsp3) is 0.231. The molecule has 0 bridgehead atoms. The predicted octanol–water partition coefficient (Wildman–Crippen LogP) is 2.35. The van der Waals surface area contributed by atoms with Crippen molar-refractivity contribution in [3.8, 4) is 22.9 Å². The molecule has 1 aromatic carbocycles. The van der Waals surface area contributed by atoms with Crippen molar-refractivity contribution >= 4 is 5.82 Å². The number of aromatic hydroxyl groups is 1. The Kier molecular flexibility index (Phi) is 3.50. The van der Waals surface area contributed by atoms with Gasteiger partial charge in [0.2, 0.25) is 0 Å². The molecule has 0 atom stereocenters. The van der Waals surface area contributed by atoms with Gasteiger partial charge in [-0.25, -0.2) is 14.4 Å². The van der Waals surface area contributed by atoms with E-state index < -0.39 is 5.82 Å². The number of halogens is 1. The third-order valence-electron chi connectivity index (χ3n) is 2.69. The zero-order valence-corrected chi connectivity index (χ0v) is 10.9. The van der Waals surface area contributed by atoms with Crippen molar-refractivity contribution < 1.29 is 14.2 Å². The maximum Gasteiger partial charge on any atom is 0.186 e. The molecule has 5 nitrogen and oxygen atoms in total. The fourth-order valence-corrected chi connectivity index (χ4v) is 1.67. The Bertz CT molecular complexity index is 617. The molecule has 0 fully saturated rings. The van der Waals surface area contributed by atoms with Gasteiger partial charge >= 0.3 is 0 Å². The summed E-state index contributed by atoms with van der Waals surface area (Å²) in [5, 5.41) is 12.2. The normalized spacial score (nSPS) is 10.3. The summed E-state index contributed by atoms with van der Waals surface area (Å²) in [5.74, 6) is 0.362. The zero-order chi connectivity index (χ0) is 14.0. The van der Waals surface area contributed by atoms with Crippen LogP contribution in [-0.2, 0) is 0 Å². The Balaban J connectivity index is 2.55. The van der Waals surface area contributed by atoms with Crippen LogP contribution >= 0.6 is 0 Å². The monoisotopic (exact) mass is 263 g/mol. The number of phenols is 1. The average molecular weight is 263 g/mol. The number of hydrogen-bond acceptors (Lipinski definition) is 5. The highest BCUT2D eigenvalue weighted by atomic mass is 19.1. The molecule has 0 aliphatic carbocycles. The topological polar surface area (TPSA) is 67.3 Å². The Morgan fingerprint density at radius 2 is 2.05 bits per heavy atom. The van der Waals surface area contributed by atoms with Crippen molar-refractivity contribution in [3.63, 3.8) is 0 Å². The maximum atomic E-state index is 13.7. The van der Waals surface area contributed by atoms with Crippen LogP contribution < -0.4 is 10.1 Å². The zero-order valence-electron chi connectivity index (χ0n) is 10.9. The van der Waals surface area contributed by atoms with Gasteiger partial charge in [-0.05, 0) is 25.1 Å². The molecule has 6 heteroatoms. The Hall–Kier alpha value is -2.37. The van der Waals surface area contributed by atoms with E-state index in [9.17, 15) is 9.50 Å². The van der Waals surface area contributed by atoms with E-state index in [0.717, 1.165) is 0 Å². The van der Waals surface area contributed by atoms with Gasteiger partial charge in [-0.1, -0.05) is 0 Å². The highest BCUT2D eigenvalue weighted by molar-refractivity contribution is 5.62. The Morgan fingerprint density at radius 1 is 1.32 bits per heavy atom. The molecular formula is C13H14FN3O2. The van der Waals surface area contributed by atoms with Crippen LogP contribution in [0.4, 0.5) is 10.2 Å². The maximum absolute atomic E-state index is 13.7. The summed E-state index contributed by atoms with van der Waals surface area (Å²) >= 11 is 0. The van der Waals surface area contributed by atoms with Crippen LogP contribution in [0.3, 0.4) is 0 Å². The average Bonchev–Trinajstić information content (AvgIpc) is 2.42. The summed E-state index contributed by atoms with van der Waals surface area (Å²) in [6.07, 6.45) is 0. The first-order valence-corrected chi connectivity index (χ1v) is 5.66. The van der Waals surface area contributed by atoms with Crippen LogP contribution in [0, 0.1) is 12.7 Å². The van der Waals surface area contributed by atoms with Gasteiger partial charge in [-0.3, -0.25) is 0 Å². The molecule has 0 amide bonds. The summed E-state index contributed by atoms with van der Waals surface area (Å²) < 4.78 is 18.7. The van der Waals surface area contributed by atoms with Crippen molar-refractivity contribution in [2.75, 3.05) is 19.5 Å². The molecule has 0 spiro atoms. The minimum Gasteiger partial charge on any atom is -0.504 e. The number of rotatable bonds is 3. The third-order valence-corrected chi connectivity index (χ3v) is 2.69. The van der Waals surface area contributed by atoms with Gasteiger partial charge in [0.15, 0.2) is 29.0 Å². The molecule has 2 rings (SSSR count). The first-order valence-electron chi connectivity index (χ1n) is 5.66. The SMILES string of the molecule is CNc1nc(-c2ccc(O)c(OC)c2)nc(C)c1F. The molecule has 0 unspecified atom stereocenters. The van der Waals surface area contributed by atoms with Gasteiger partial charge in [0.05, 0.1) is 12.8 Å². The van der Waals surface area contributed by atoms with E-state index in [2.05, 4.69) is 15.3 Å². The molecular weight excluding hydrogens is 249 g/mol. The molecule has 0 aliphatic rings. The number of methoxy groups -OCH3 is 1. The van der Waals surface area contributed by atoms with Crippen LogP contribution in [-0.4, -0.2) is 29.2 Å². The number of anilines is 1. The summed E-state index contributed by atoms with van der Waals surface area (Å²) in [6.45, 7) is 1.57. The molecule has 2 aromatic rings. The van der Waals surface area contributed by atoms with Crippen molar-refractivity contribution in [1.82, 2.24) is 9.97 Å². The Labute approximate surface area is 110 Å². The smallest absolute Gasteiger partial charge is 0.186 e. The van der Waals surface area contributed by atoms with Crippen molar-refractivity contribution in [2.45, 2.75) is 6.92 Å². The van der Waals surface area contributed by atoms with E-state index in [4.69, 9.17) is 4.74 Å². The predicted molar refractivity (Wildman–Crippen MR) is 69.9 cm³/mol. The van der Waals surface area contributed by atoms with Crippen molar-refractivity contribution in [2.24, 2.45) is 0 Å². The molecule has 1 aromatic heterocycles. The first kappa shape index (κ1) is 13.1. The minimum absolute atomic E-state index is 0.0268. The van der Waals surface area contributed by atoms with Gasteiger partial charge in [0.1, 0.15) is 0 Å². The van der Waals surface area contributed by atoms with Gasteiger partial charge in [0, 0.05) is 12.6 Å². The van der Waals surface area contributed by atoms with Crippen LogP contribution in [0.5, 0.6) is 11.5 Å². The first-order chi connectivity index (χ1) is 9.06. The van der Waals surface area contributed by atoms with E-state index in [1.807, 2.05) is 0 Å². The van der Waals surface area contributed by atoms with E-state index in [0.29, 0.717) is 17.1 Å². The lowest BCUT2D eigenvalue weighted by atomic mass is 10.2. The Morgan fingerprint density at radius 3 is 2.68 bits per heavy atom. The second-order valence-electron chi connectivity index (χ2n) is 3.93. The molecule has 0 aliphatic heterocycles. The lowest BCUT2D eigenvalue weighted by Gasteiger charge is -2.09. The molecule has 19 heavy (non-hydrogen) atoms. The second-order valence-corrected chi connectivity index (χ2v) is 3.93. The third kappa shape index (κ3) is 2.42.